The van der Waals surface area contributed by atoms with E-state index < -0.39 is 11.9 Å². The van der Waals surface area contributed by atoms with Crippen molar-refractivity contribution in [3.8, 4) is 0 Å². The summed E-state index contributed by atoms with van der Waals surface area (Å²) in [6.45, 7) is 11.8. The zero-order valence-corrected chi connectivity index (χ0v) is 14.7. The van der Waals surface area contributed by atoms with E-state index in [1.165, 1.54) is 0 Å². The average Bonchev–Trinajstić information content (AvgIpc) is 2.55. The van der Waals surface area contributed by atoms with Gasteiger partial charge in [0.2, 0.25) is 0 Å². The Kier molecular flexibility index (Phi) is 7.69. The minimum absolute atomic E-state index is 0.494. The predicted molar refractivity (Wildman–Crippen MR) is 95.7 cm³/mol. The maximum Gasteiger partial charge on any atom is 0.331 e. The second-order valence-electron chi connectivity index (χ2n) is 6.70. The second-order valence-corrected chi connectivity index (χ2v) is 6.70. The maximum atomic E-state index is 10.5. The largest absolute Gasteiger partial charge is 0.478 e. The van der Waals surface area contributed by atoms with Gasteiger partial charge in [-0.05, 0) is 64.2 Å². The first-order valence-electron chi connectivity index (χ1n) is 8.37. The number of hydrogen-bond donors (Lipinski definition) is 2. The third-order valence-corrected chi connectivity index (χ3v) is 4.77. The highest BCUT2D eigenvalue weighted by Crippen LogP contribution is 2.28. The molecule has 2 N–H and O–H groups in total. The summed E-state index contributed by atoms with van der Waals surface area (Å²) in [5.41, 5.74) is 3.45. The van der Waals surface area contributed by atoms with E-state index in [0.29, 0.717) is 35.8 Å². The molecule has 0 saturated carbocycles. The van der Waals surface area contributed by atoms with E-state index in [9.17, 15) is 9.59 Å². The third kappa shape index (κ3) is 6.19. The van der Waals surface area contributed by atoms with Gasteiger partial charge in [0.1, 0.15) is 0 Å². The van der Waals surface area contributed by atoms with Crippen LogP contribution in [-0.4, -0.2) is 22.2 Å². The highest BCUT2D eigenvalue weighted by molar-refractivity contribution is 5.87. The lowest BCUT2D eigenvalue weighted by Crippen LogP contribution is -2.11. The molecule has 0 fully saturated rings. The van der Waals surface area contributed by atoms with Crippen molar-refractivity contribution in [1.82, 2.24) is 0 Å². The lowest BCUT2D eigenvalue weighted by molar-refractivity contribution is -0.133. The third-order valence-electron chi connectivity index (χ3n) is 4.77. The minimum atomic E-state index is -0.768. The van der Waals surface area contributed by atoms with Crippen molar-refractivity contribution in [3.05, 3.63) is 47.6 Å². The van der Waals surface area contributed by atoms with E-state index in [4.69, 9.17) is 10.2 Å². The van der Waals surface area contributed by atoms with Crippen LogP contribution in [0.4, 0.5) is 0 Å². The summed E-state index contributed by atoms with van der Waals surface area (Å²) in [5.74, 6) is -0.550. The SMILES string of the molecule is C=C(C)C1CC=C(C(=O)O)CC1.C=C(C)C1CC=C(C(=O)O)CC1. The van der Waals surface area contributed by atoms with Crippen molar-refractivity contribution >= 4 is 11.9 Å². The van der Waals surface area contributed by atoms with Gasteiger partial charge < -0.3 is 10.2 Å². The van der Waals surface area contributed by atoms with Crippen molar-refractivity contribution in [2.75, 3.05) is 0 Å². The van der Waals surface area contributed by atoms with Gasteiger partial charge in [0.05, 0.1) is 0 Å². The molecule has 2 aliphatic carbocycles. The summed E-state index contributed by atoms with van der Waals surface area (Å²) in [5, 5.41) is 17.3. The monoisotopic (exact) mass is 332 g/mol. The van der Waals surface area contributed by atoms with Crippen molar-refractivity contribution in [1.29, 1.82) is 0 Å². The Morgan fingerprint density at radius 1 is 0.875 bits per heavy atom. The lowest BCUT2D eigenvalue weighted by Gasteiger charge is -2.19. The molecule has 0 bridgehead atoms. The number of carbonyl (C=O) groups is 2. The van der Waals surface area contributed by atoms with E-state index in [1.54, 1.807) is 0 Å². The summed E-state index contributed by atoms with van der Waals surface area (Å²) < 4.78 is 0. The van der Waals surface area contributed by atoms with Crippen molar-refractivity contribution < 1.29 is 19.8 Å². The van der Waals surface area contributed by atoms with Crippen LogP contribution in [0.3, 0.4) is 0 Å². The topological polar surface area (TPSA) is 74.6 Å². The second kappa shape index (κ2) is 9.26. The molecule has 2 unspecified atom stereocenters. The van der Waals surface area contributed by atoms with E-state index in [-0.39, 0.29) is 0 Å². The first-order valence-corrected chi connectivity index (χ1v) is 8.37. The van der Waals surface area contributed by atoms with E-state index in [1.807, 2.05) is 26.0 Å². The van der Waals surface area contributed by atoms with Gasteiger partial charge in [-0.2, -0.15) is 0 Å². The van der Waals surface area contributed by atoms with Crippen molar-refractivity contribution in [3.63, 3.8) is 0 Å². The lowest BCUT2D eigenvalue weighted by atomic mass is 9.86. The van der Waals surface area contributed by atoms with E-state index in [2.05, 4.69) is 13.2 Å². The zero-order valence-electron chi connectivity index (χ0n) is 14.7. The molecule has 0 amide bonds. The molecule has 2 atom stereocenters. The number of hydrogen-bond acceptors (Lipinski definition) is 2. The zero-order chi connectivity index (χ0) is 18.3. The van der Waals surface area contributed by atoms with Crippen LogP contribution < -0.4 is 0 Å². The Bertz CT molecular complexity index is 528. The fourth-order valence-corrected chi connectivity index (χ4v) is 2.95. The number of aliphatic carboxylic acids is 2. The molecule has 0 aromatic rings. The highest BCUT2D eigenvalue weighted by Gasteiger charge is 2.18. The van der Waals surface area contributed by atoms with E-state index >= 15 is 0 Å². The van der Waals surface area contributed by atoms with Gasteiger partial charge in [0, 0.05) is 11.1 Å². The molecule has 24 heavy (non-hydrogen) atoms. The van der Waals surface area contributed by atoms with Gasteiger partial charge >= 0.3 is 11.9 Å². The number of carboxylic acid groups (broad SMARTS) is 2. The Morgan fingerprint density at radius 3 is 1.38 bits per heavy atom. The van der Waals surface area contributed by atoms with E-state index in [0.717, 1.165) is 36.8 Å². The molecular formula is C20H28O4. The first-order chi connectivity index (χ1) is 11.2. The van der Waals surface area contributed by atoms with Crippen molar-refractivity contribution in [2.24, 2.45) is 11.8 Å². The molecule has 0 heterocycles. The molecular weight excluding hydrogens is 304 g/mol. The predicted octanol–water partition coefficient (Wildman–Crippen LogP) is 4.75. The van der Waals surface area contributed by atoms with Crippen LogP contribution in [0, 0.1) is 11.8 Å². The van der Waals surface area contributed by atoms with Gasteiger partial charge in [-0.3, -0.25) is 0 Å². The number of allylic oxidation sites excluding steroid dienone is 4. The van der Waals surface area contributed by atoms with Gasteiger partial charge in [0.25, 0.3) is 0 Å². The average molecular weight is 332 g/mol. The molecule has 0 aliphatic heterocycles. The molecule has 0 spiro atoms. The molecule has 0 radical (unpaired) electrons. The van der Waals surface area contributed by atoms with Crippen LogP contribution in [-0.2, 0) is 9.59 Å². The molecule has 0 aromatic carbocycles. The first kappa shape index (κ1) is 19.9. The standard InChI is InChI=1S/2C10H14O2/c2*1-7(2)8-3-5-9(6-4-8)10(11)12/h2*5,8H,1,3-4,6H2,2H3,(H,11,12). The van der Waals surface area contributed by atoms with Crippen LogP contribution in [0.1, 0.15) is 52.4 Å². The fourth-order valence-electron chi connectivity index (χ4n) is 2.95. The Hall–Kier alpha value is -2.10. The van der Waals surface area contributed by atoms with Crippen LogP contribution in [0.25, 0.3) is 0 Å². The van der Waals surface area contributed by atoms with Gasteiger partial charge in [-0.25, -0.2) is 9.59 Å². The molecule has 2 aliphatic rings. The van der Waals surface area contributed by atoms with Crippen LogP contribution in [0.5, 0.6) is 0 Å². The normalized spacial score (nSPS) is 23.1. The summed E-state index contributed by atoms with van der Waals surface area (Å²) in [4.78, 5) is 21.1. The Morgan fingerprint density at radius 2 is 1.21 bits per heavy atom. The highest BCUT2D eigenvalue weighted by atomic mass is 16.4. The molecule has 0 saturated heterocycles. The smallest absolute Gasteiger partial charge is 0.331 e. The minimum Gasteiger partial charge on any atom is -0.478 e. The molecule has 132 valence electrons. The Balaban J connectivity index is 0.000000240. The quantitative estimate of drug-likeness (QED) is 0.729. The molecule has 0 aromatic heterocycles. The Labute approximate surface area is 144 Å². The maximum absolute atomic E-state index is 10.5. The summed E-state index contributed by atoms with van der Waals surface area (Å²) in [6.07, 6.45) is 8.59. The summed E-state index contributed by atoms with van der Waals surface area (Å²) in [6, 6.07) is 0. The number of rotatable bonds is 4. The van der Waals surface area contributed by atoms with Gasteiger partial charge in [0.15, 0.2) is 0 Å². The van der Waals surface area contributed by atoms with Crippen molar-refractivity contribution in [2.45, 2.75) is 52.4 Å². The summed E-state index contributed by atoms with van der Waals surface area (Å²) >= 11 is 0. The van der Waals surface area contributed by atoms with Crippen LogP contribution >= 0.6 is 0 Å². The van der Waals surface area contributed by atoms with Gasteiger partial charge in [-0.1, -0.05) is 36.5 Å². The van der Waals surface area contributed by atoms with Crippen LogP contribution in [0.15, 0.2) is 47.6 Å². The molecule has 4 nitrogen and oxygen atoms in total. The molecule has 4 heteroatoms. The molecule has 2 rings (SSSR count). The number of carboxylic acids is 2. The summed E-state index contributed by atoms with van der Waals surface area (Å²) in [7, 11) is 0. The van der Waals surface area contributed by atoms with Gasteiger partial charge in [-0.15, -0.1) is 0 Å². The fraction of sp³-hybridized carbons (Fsp3) is 0.500. The van der Waals surface area contributed by atoms with Crippen LogP contribution in [0.2, 0.25) is 0 Å².